The van der Waals surface area contributed by atoms with Gasteiger partial charge in [0.1, 0.15) is 0 Å². The third-order valence-corrected chi connectivity index (χ3v) is 2.74. The van der Waals surface area contributed by atoms with E-state index in [1.807, 2.05) is 24.3 Å². The molecule has 0 saturated carbocycles. The summed E-state index contributed by atoms with van der Waals surface area (Å²) in [7, 11) is 0. The lowest BCUT2D eigenvalue weighted by Gasteiger charge is -2.11. The quantitative estimate of drug-likeness (QED) is 0.801. The summed E-state index contributed by atoms with van der Waals surface area (Å²) >= 11 is 0. The number of amides is 1. The Morgan fingerprint density at radius 3 is 2.75 bits per heavy atom. The molecule has 1 atom stereocenters. The maximum Gasteiger partial charge on any atom is 0.224 e. The summed E-state index contributed by atoms with van der Waals surface area (Å²) in [6.07, 6.45) is 1.58. The number of anilines is 1. The molecule has 0 saturated heterocycles. The minimum Gasteiger partial charge on any atom is -0.326 e. The lowest BCUT2D eigenvalue weighted by molar-refractivity contribution is -0.117. The van der Waals surface area contributed by atoms with E-state index in [0.29, 0.717) is 18.9 Å². The predicted octanol–water partition coefficient (Wildman–Crippen LogP) is 2.52. The van der Waals surface area contributed by atoms with Crippen molar-refractivity contribution in [3.05, 3.63) is 29.8 Å². The molecule has 0 bridgehead atoms. The van der Waals surface area contributed by atoms with Gasteiger partial charge in [0, 0.05) is 18.7 Å². The normalized spacial score (nSPS) is 12.2. The first-order valence-corrected chi connectivity index (χ1v) is 5.75. The van der Waals surface area contributed by atoms with Gasteiger partial charge in [-0.3, -0.25) is 4.79 Å². The molecule has 0 heterocycles. The zero-order chi connectivity index (χ0) is 12.0. The summed E-state index contributed by atoms with van der Waals surface area (Å²) < 4.78 is 0. The Balaban J connectivity index is 2.62. The number of benzene rings is 1. The van der Waals surface area contributed by atoms with Gasteiger partial charge in [-0.2, -0.15) is 0 Å². The van der Waals surface area contributed by atoms with Crippen molar-refractivity contribution in [3.8, 4) is 0 Å². The van der Waals surface area contributed by atoms with Crippen LogP contribution in [0.5, 0.6) is 0 Å². The van der Waals surface area contributed by atoms with Gasteiger partial charge in [0.15, 0.2) is 0 Å². The van der Waals surface area contributed by atoms with Gasteiger partial charge in [-0.15, -0.1) is 0 Å². The molecule has 1 rings (SSSR count). The number of nitrogens with one attached hydrogen (secondary N) is 1. The van der Waals surface area contributed by atoms with Gasteiger partial charge in [-0.25, -0.2) is 0 Å². The van der Waals surface area contributed by atoms with E-state index in [-0.39, 0.29) is 5.91 Å². The molecule has 0 spiro atoms. The molecule has 0 aliphatic heterocycles. The Hall–Kier alpha value is -1.35. The topological polar surface area (TPSA) is 55.1 Å². The van der Waals surface area contributed by atoms with Crippen LogP contribution >= 0.6 is 0 Å². The standard InChI is InChI=1S/C13H20N2O/c1-3-10(2)8-13(16)15-12-7-5-4-6-11(12)9-14/h4-7,10H,3,8-9,14H2,1-2H3,(H,15,16)/t10-/m0/s1. The number of hydrogen-bond acceptors (Lipinski definition) is 2. The van der Waals surface area contributed by atoms with Crippen molar-refractivity contribution in [1.29, 1.82) is 0 Å². The van der Waals surface area contributed by atoms with Crippen molar-refractivity contribution in [2.75, 3.05) is 5.32 Å². The van der Waals surface area contributed by atoms with Crippen LogP contribution in [-0.2, 0) is 11.3 Å². The van der Waals surface area contributed by atoms with Gasteiger partial charge >= 0.3 is 0 Å². The molecule has 16 heavy (non-hydrogen) atoms. The van der Waals surface area contributed by atoms with Crippen LogP contribution in [0.4, 0.5) is 5.69 Å². The van der Waals surface area contributed by atoms with E-state index in [1.54, 1.807) is 0 Å². The first kappa shape index (κ1) is 12.7. The highest BCUT2D eigenvalue weighted by molar-refractivity contribution is 5.91. The van der Waals surface area contributed by atoms with Crippen molar-refractivity contribution in [3.63, 3.8) is 0 Å². The molecule has 1 aromatic carbocycles. The predicted molar refractivity (Wildman–Crippen MR) is 67.0 cm³/mol. The monoisotopic (exact) mass is 220 g/mol. The number of nitrogens with two attached hydrogens (primary N) is 1. The molecule has 3 N–H and O–H groups in total. The van der Waals surface area contributed by atoms with E-state index < -0.39 is 0 Å². The Morgan fingerprint density at radius 1 is 1.44 bits per heavy atom. The maximum atomic E-state index is 11.7. The number of carbonyl (C=O) groups excluding carboxylic acids is 1. The molecule has 3 heteroatoms. The highest BCUT2D eigenvalue weighted by atomic mass is 16.1. The summed E-state index contributed by atoms with van der Waals surface area (Å²) in [6.45, 7) is 4.61. The van der Waals surface area contributed by atoms with Crippen LogP contribution in [0, 0.1) is 5.92 Å². The number of para-hydroxylation sites is 1. The molecule has 3 nitrogen and oxygen atoms in total. The van der Waals surface area contributed by atoms with Crippen molar-refractivity contribution in [2.24, 2.45) is 11.7 Å². The van der Waals surface area contributed by atoms with Crippen molar-refractivity contribution < 1.29 is 4.79 Å². The van der Waals surface area contributed by atoms with Gasteiger partial charge in [0.05, 0.1) is 0 Å². The van der Waals surface area contributed by atoms with E-state index >= 15 is 0 Å². The van der Waals surface area contributed by atoms with Gasteiger partial charge in [0.25, 0.3) is 0 Å². The molecule has 0 unspecified atom stereocenters. The lowest BCUT2D eigenvalue weighted by atomic mass is 10.0. The Kier molecular flexibility index (Phi) is 4.99. The Morgan fingerprint density at radius 2 is 2.12 bits per heavy atom. The fourth-order valence-electron chi connectivity index (χ4n) is 1.48. The molecular formula is C13H20N2O. The zero-order valence-electron chi connectivity index (χ0n) is 9.99. The van der Waals surface area contributed by atoms with E-state index in [2.05, 4.69) is 19.2 Å². The smallest absolute Gasteiger partial charge is 0.224 e. The van der Waals surface area contributed by atoms with Crippen LogP contribution in [0.1, 0.15) is 32.3 Å². The van der Waals surface area contributed by atoms with E-state index in [9.17, 15) is 4.79 Å². The Labute approximate surface area is 97.0 Å². The second-order valence-electron chi connectivity index (χ2n) is 4.13. The van der Waals surface area contributed by atoms with Crippen LogP contribution in [0.15, 0.2) is 24.3 Å². The third kappa shape index (κ3) is 3.66. The fraction of sp³-hybridized carbons (Fsp3) is 0.462. The molecule has 0 aliphatic carbocycles. The van der Waals surface area contributed by atoms with E-state index in [1.165, 1.54) is 0 Å². The first-order valence-electron chi connectivity index (χ1n) is 5.75. The Bertz CT molecular complexity index is 350. The molecular weight excluding hydrogens is 200 g/mol. The van der Waals surface area contributed by atoms with Gasteiger partial charge < -0.3 is 11.1 Å². The van der Waals surface area contributed by atoms with Crippen LogP contribution in [0.2, 0.25) is 0 Å². The molecule has 88 valence electrons. The molecule has 1 amide bonds. The van der Waals surface area contributed by atoms with Crippen LogP contribution < -0.4 is 11.1 Å². The van der Waals surface area contributed by atoms with Gasteiger partial charge in [-0.1, -0.05) is 38.5 Å². The number of rotatable bonds is 5. The van der Waals surface area contributed by atoms with Gasteiger partial charge in [-0.05, 0) is 17.5 Å². The summed E-state index contributed by atoms with van der Waals surface area (Å²) in [5.41, 5.74) is 7.41. The van der Waals surface area contributed by atoms with Crippen LogP contribution in [0.3, 0.4) is 0 Å². The van der Waals surface area contributed by atoms with Crippen LogP contribution in [-0.4, -0.2) is 5.91 Å². The second-order valence-corrected chi connectivity index (χ2v) is 4.13. The SMILES string of the molecule is CC[C@H](C)CC(=O)Nc1ccccc1CN. The van der Waals surface area contributed by atoms with Crippen molar-refractivity contribution in [2.45, 2.75) is 33.2 Å². The first-order chi connectivity index (χ1) is 7.67. The minimum absolute atomic E-state index is 0.0650. The molecule has 0 aliphatic rings. The highest BCUT2D eigenvalue weighted by Gasteiger charge is 2.08. The largest absolute Gasteiger partial charge is 0.326 e. The van der Waals surface area contributed by atoms with Gasteiger partial charge in [0.2, 0.25) is 5.91 Å². The lowest BCUT2D eigenvalue weighted by Crippen LogP contribution is -2.16. The molecule has 1 aromatic rings. The van der Waals surface area contributed by atoms with Crippen molar-refractivity contribution in [1.82, 2.24) is 0 Å². The summed E-state index contributed by atoms with van der Waals surface area (Å²) in [5.74, 6) is 0.486. The molecule has 0 radical (unpaired) electrons. The average molecular weight is 220 g/mol. The summed E-state index contributed by atoms with van der Waals surface area (Å²) in [5, 5.41) is 2.91. The zero-order valence-corrected chi connectivity index (χ0v) is 9.99. The molecule has 0 aromatic heterocycles. The maximum absolute atomic E-state index is 11.7. The summed E-state index contributed by atoms with van der Waals surface area (Å²) in [6, 6.07) is 7.64. The fourth-order valence-corrected chi connectivity index (χ4v) is 1.48. The number of hydrogen-bond donors (Lipinski definition) is 2. The second kappa shape index (κ2) is 6.28. The van der Waals surface area contributed by atoms with Crippen LogP contribution in [0.25, 0.3) is 0 Å². The summed E-state index contributed by atoms with van der Waals surface area (Å²) in [4.78, 5) is 11.7. The van der Waals surface area contributed by atoms with Crippen molar-refractivity contribution >= 4 is 11.6 Å². The highest BCUT2D eigenvalue weighted by Crippen LogP contribution is 2.15. The average Bonchev–Trinajstić information content (AvgIpc) is 2.29. The third-order valence-electron chi connectivity index (χ3n) is 2.74. The molecule has 0 fully saturated rings. The van der Waals surface area contributed by atoms with E-state index in [4.69, 9.17) is 5.73 Å². The van der Waals surface area contributed by atoms with E-state index in [0.717, 1.165) is 17.7 Å². The number of carbonyl (C=O) groups is 1. The minimum atomic E-state index is 0.0650.